The Balaban J connectivity index is 2.21. The van der Waals surface area contributed by atoms with E-state index in [1.54, 1.807) is 18.7 Å². The van der Waals surface area contributed by atoms with Gasteiger partial charge in [0.15, 0.2) is 9.84 Å². The van der Waals surface area contributed by atoms with Crippen molar-refractivity contribution in [3.05, 3.63) is 33.3 Å². The first kappa shape index (κ1) is 16.6. The van der Waals surface area contributed by atoms with Crippen LogP contribution < -0.4 is 0 Å². The summed E-state index contributed by atoms with van der Waals surface area (Å²) >= 11 is 11.3. The molecule has 112 valence electrons. The lowest BCUT2D eigenvalue weighted by atomic mass is 10.2. The van der Waals surface area contributed by atoms with Crippen molar-refractivity contribution in [2.24, 2.45) is 0 Å². The lowest BCUT2D eigenvalue weighted by Crippen LogP contribution is -2.47. The Hall–Kier alpha value is 0.250. The molecule has 0 aromatic heterocycles. The van der Waals surface area contributed by atoms with E-state index in [1.165, 1.54) is 0 Å². The normalized spacial score (nSPS) is 21.1. The van der Waals surface area contributed by atoms with E-state index in [0.29, 0.717) is 17.3 Å². The Morgan fingerprint density at radius 2 is 2.25 bits per heavy atom. The molecule has 0 aliphatic carbocycles. The molecule has 1 aliphatic heterocycles. The summed E-state index contributed by atoms with van der Waals surface area (Å²) in [6, 6.07) is 5.73. The molecule has 1 saturated heterocycles. The van der Waals surface area contributed by atoms with Gasteiger partial charge in [-0.1, -0.05) is 40.5 Å². The first-order chi connectivity index (χ1) is 9.44. The predicted molar refractivity (Wildman–Crippen MR) is 90.1 cm³/mol. The van der Waals surface area contributed by atoms with Crippen LogP contribution in [-0.2, 0) is 16.4 Å². The van der Waals surface area contributed by atoms with Gasteiger partial charge >= 0.3 is 0 Å². The second-order valence-corrected chi connectivity index (χ2v) is 9.61. The van der Waals surface area contributed by atoms with Crippen LogP contribution in [0.1, 0.15) is 12.5 Å². The molecule has 0 N–H and O–H groups in total. The number of benzene rings is 1. The molecule has 2 rings (SSSR count). The van der Waals surface area contributed by atoms with Crippen molar-refractivity contribution in [2.45, 2.75) is 18.8 Å². The van der Waals surface area contributed by atoms with E-state index in [2.05, 4.69) is 15.9 Å². The van der Waals surface area contributed by atoms with E-state index in [-0.39, 0.29) is 5.75 Å². The molecule has 7 heteroatoms. The van der Waals surface area contributed by atoms with Crippen molar-refractivity contribution in [3.8, 4) is 0 Å². The first-order valence-corrected chi connectivity index (χ1v) is 10.5. The van der Waals surface area contributed by atoms with Crippen LogP contribution in [0, 0.1) is 0 Å². The average molecular weight is 399 g/mol. The summed E-state index contributed by atoms with van der Waals surface area (Å²) in [5.41, 5.74) is 0.970. The third kappa shape index (κ3) is 3.91. The maximum absolute atomic E-state index is 12.2. The van der Waals surface area contributed by atoms with Crippen LogP contribution in [0.25, 0.3) is 0 Å². The minimum absolute atomic E-state index is 0.183. The van der Waals surface area contributed by atoms with Gasteiger partial charge in [-0.3, -0.25) is 4.90 Å². The smallest absolute Gasteiger partial charge is 0.166 e. The number of hydrogen-bond donors (Lipinski definition) is 0. The molecule has 1 aliphatic rings. The first-order valence-electron chi connectivity index (χ1n) is 6.41. The molecular weight excluding hydrogens is 382 g/mol. The monoisotopic (exact) mass is 397 g/mol. The molecule has 1 fully saturated rings. The highest BCUT2D eigenvalue weighted by molar-refractivity contribution is 9.10. The zero-order chi connectivity index (χ0) is 14.8. The third-order valence-electron chi connectivity index (χ3n) is 3.40. The Bertz CT molecular complexity index is 580. The van der Waals surface area contributed by atoms with Crippen molar-refractivity contribution < 1.29 is 8.42 Å². The molecule has 0 radical (unpaired) electrons. The van der Waals surface area contributed by atoms with Gasteiger partial charge in [0.2, 0.25) is 0 Å². The molecule has 1 aromatic carbocycles. The van der Waals surface area contributed by atoms with Crippen LogP contribution in [0.15, 0.2) is 22.7 Å². The van der Waals surface area contributed by atoms with Crippen molar-refractivity contribution in [3.63, 3.8) is 0 Å². The number of sulfone groups is 1. The van der Waals surface area contributed by atoms with Crippen molar-refractivity contribution in [1.82, 2.24) is 4.90 Å². The van der Waals surface area contributed by atoms with Gasteiger partial charge in [0.05, 0.1) is 0 Å². The van der Waals surface area contributed by atoms with E-state index >= 15 is 0 Å². The Labute approximate surface area is 138 Å². The highest BCUT2D eigenvalue weighted by atomic mass is 79.9. The fraction of sp³-hybridized carbons (Fsp3) is 0.538. The predicted octanol–water partition coefficient (Wildman–Crippen LogP) is 3.41. The summed E-state index contributed by atoms with van der Waals surface area (Å²) in [6.07, 6.45) is 0. The minimum atomic E-state index is -3.06. The van der Waals surface area contributed by atoms with E-state index in [4.69, 9.17) is 11.6 Å². The highest BCUT2D eigenvalue weighted by Crippen LogP contribution is 2.27. The van der Waals surface area contributed by atoms with Gasteiger partial charge in [-0.2, -0.15) is 11.8 Å². The van der Waals surface area contributed by atoms with Gasteiger partial charge < -0.3 is 0 Å². The van der Waals surface area contributed by atoms with Gasteiger partial charge in [0, 0.05) is 39.8 Å². The number of hydrogen-bond acceptors (Lipinski definition) is 4. The van der Waals surface area contributed by atoms with Gasteiger partial charge in [-0.05, 0) is 17.7 Å². The number of thioether (sulfide) groups is 1. The molecule has 20 heavy (non-hydrogen) atoms. The van der Waals surface area contributed by atoms with Gasteiger partial charge in [0.1, 0.15) is 5.37 Å². The summed E-state index contributed by atoms with van der Waals surface area (Å²) in [5, 5.41) is 0.274. The molecule has 1 aromatic rings. The number of nitrogens with zero attached hydrogens (tertiary/aromatic N) is 1. The van der Waals surface area contributed by atoms with E-state index < -0.39 is 15.2 Å². The average Bonchev–Trinajstić information content (AvgIpc) is 2.42. The Morgan fingerprint density at radius 3 is 2.90 bits per heavy atom. The molecule has 0 bridgehead atoms. The largest absolute Gasteiger partial charge is 0.281 e. The lowest BCUT2D eigenvalue weighted by molar-refractivity contribution is 0.262. The fourth-order valence-electron chi connectivity index (χ4n) is 2.19. The van der Waals surface area contributed by atoms with Gasteiger partial charge in [0.25, 0.3) is 0 Å². The molecule has 1 unspecified atom stereocenters. The summed E-state index contributed by atoms with van der Waals surface area (Å²) in [7, 11) is -3.06. The number of halogens is 2. The van der Waals surface area contributed by atoms with Crippen LogP contribution in [0.4, 0.5) is 0 Å². The topological polar surface area (TPSA) is 37.4 Å². The fourth-order valence-corrected chi connectivity index (χ4v) is 6.00. The van der Waals surface area contributed by atoms with Crippen LogP contribution in [0.2, 0.25) is 5.02 Å². The molecule has 0 spiro atoms. The van der Waals surface area contributed by atoms with E-state index in [1.807, 2.05) is 23.1 Å². The molecule has 1 heterocycles. The summed E-state index contributed by atoms with van der Waals surface area (Å²) < 4.78 is 25.3. The summed E-state index contributed by atoms with van der Waals surface area (Å²) in [4.78, 5) is 2.03. The zero-order valence-electron chi connectivity index (χ0n) is 11.2. The maximum Gasteiger partial charge on any atom is 0.166 e. The van der Waals surface area contributed by atoms with Crippen LogP contribution >= 0.6 is 39.3 Å². The van der Waals surface area contributed by atoms with Crippen LogP contribution in [-0.4, -0.2) is 42.5 Å². The Morgan fingerprint density at radius 1 is 1.50 bits per heavy atom. The van der Waals surface area contributed by atoms with Crippen molar-refractivity contribution >= 4 is 49.1 Å². The summed E-state index contributed by atoms with van der Waals surface area (Å²) in [5.74, 6) is 1.79. The number of rotatable bonds is 4. The SMILES string of the molecule is CCS(=O)(=O)C1CSCCN1Cc1ccc(Br)cc1Cl. The van der Waals surface area contributed by atoms with Gasteiger partial charge in [-0.25, -0.2) is 8.42 Å². The quantitative estimate of drug-likeness (QED) is 0.779. The molecule has 0 amide bonds. The second-order valence-electron chi connectivity index (χ2n) is 4.69. The van der Waals surface area contributed by atoms with E-state index in [9.17, 15) is 8.42 Å². The zero-order valence-corrected chi connectivity index (χ0v) is 15.2. The molecule has 1 atom stereocenters. The van der Waals surface area contributed by atoms with Gasteiger partial charge in [-0.15, -0.1) is 0 Å². The van der Waals surface area contributed by atoms with Crippen LogP contribution in [0.5, 0.6) is 0 Å². The molecule has 3 nitrogen and oxygen atoms in total. The summed E-state index contributed by atoms with van der Waals surface area (Å²) in [6.45, 7) is 3.07. The third-order valence-corrected chi connectivity index (χ3v) is 7.57. The van der Waals surface area contributed by atoms with Crippen molar-refractivity contribution in [1.29, 1.82) is 0 Å². The maximum atomic E-state index is 12.2. The standard InChI is InChI=1S/C13H17BrClNO2S2/c1-2-20(17,18)13-9-19-6-5-16(13)8-10-3-4-11(14)7-12(10)15/h3-4,7,13H,2,5-6,8-9H2,1H3. The Kier molecular flexibility index (Phi) is 5.82. The molecule has 0 saturated carbocycles. The lowest BCUT2D eigenvalue weighted by Gasteiger charge is -2.34. The molecular formula is C13H17BrClNO2S2. The second kappa shape index (κ2) is 7.01. The van der Waals surface area contributed by atoms with Crippen molar-refractivity contribution in [2.75, 3.05) is 23.8 Å². The van der Waals surface area contributed by atoms with Crippen LogP contribution in [0.3, 0.4) is 0 Å². The highest BCUT2D eigenvalue weighted by Gasteiger charge is 2.32. The minimum Gasteiger partial charge on any atom is -0.281 e. The van der Waals surface area contributed by atoms with E-state index in [0.717, 1.165) is 22.3 Å².